The van der Waals surface area contributed by atoms with E-state index in [0.29, 0.717) is 13.2 Å². The molecule has 1 aliphatic heterocycles. The molecule has 0 spiro atoms. The third-order valence-electron chi connectivity index (χ3n) is 5.27. The standard InChI is InChI=1S/C17H25F2N3O2/c1-10-15(11(2)22(3)21-10)16-13(4-5-24-16)9-20-14(23)6-12-7-17(18,19)8-12/h12-13,16H,4-9H2,1-3H3,(H,20,23)/t13-,16+/m1/s1. The molecule has 0 unspecified atom stereocenters. The second-order valence-electron chi connectivity index (χ2n) is 7.19. The first-order valence-electron chi connectivity index (χ1n) is 8.53. The number of aryl methyl sites for hydroxylation is 2. The minimum atomic E-state index is -2.56. The zero-order valence-corrected chi connectivity index (χ0v) is 14.4. The van der Waals surface area contributed by atoms with Crippen LogP contribution in [0.3, 0.4) is 0 Å². The first kappa shape index (κ1) is 17.3. The maximum atomic E-state index is 12.8. The number of ether oxygens (including phenoxy) is 1. The third-order valence-corrected chi connectivity index (χ3v) is 5.27. The predicted octanol–water partition coefficient (Wildman–Crippen LogP) is 2.67. The molecule has 7 heteroatoms. The number of halogens is 2. The van der Waals surface area contributed by atoms with Crippen molar-refractivity contribution in [3.8, 4) is 0 Å². The summed E-state index contributed by atoms with van der Waals surface area (Å²) < 4.78 is 33.4. The molecule has 0 aromatic carbocycles. The molecule has 2 heterocycles. The average molecular weight is 341 g/mol. The van der Waals surface area contributed by atoms with Crippen LogP contribution in [0.2, 0.25) is 0 Å². The van der Waals surface area contributed by atoms with Crippen molar-refractivity contribution in [3.63, 3.8) is 0 Å². The molecule has 0 radical (unpaired) electrons. The van der Waals surface area contributed by atoms with Crippen LogP contribution in [0.4, 0.5) is 8.78 Å². The molecule has 1 aromatic heterocycles. The SMILES string of the molecule is Cc1nn(C)c(C)c1[C@H]1OCC[C@@H]1CNC(=O)CC1CC(F)(F)C1. The largest absolute Gasteiger partial charge is 0.373 e. The van der Waals surface area contributed by atoms with E-state index in [1.165, 1.54) is 0 Å². The van der Waals surface area contributed by atoms with Crippen LogP contribution in [-0.2, 0) is 16.6 Å². The Hall–Kier alpha value is -1.50. The lowest BCUT2D eigenvalue weighted by atomic mass is 9.79. The van der Waals surface area contributed by atoms with Crippen molar-refractivity contribution in [1.82, 2.24) is 15.1 Å². The van der Waals surface area contributed by atoms with Gasteiger partial charge in [0.25, 0.3) is 0 Å². The minimum Gasteiger partial charge on any atom is -0.373 e. The van der Waals surface area contributed by atoms with Crippen LogP contribution < -0.4 is 5.32 Å². The molecule has 1 aliphatic carbocycles. The number of hydrogen-bond acceptors (Lipinski definition) is 3. The number of nitrogens with one attached hydrogen (secondary N) is 1. The molecule has 2 aliphatic rings. The first-order valence-corrected chi connectivity index (χ1v) is 8.53. The summed E-state index contributed by atoms with van der Waals surface area (Å²) in [5, 5.41) is 7.34. The normalized spacial score (nSPS) is 26.4. The Kier molecular flexibility index (Phi) is 4.64. The topological polar surface area (TPSA) is 56.1 Å². The molecule has 1 amide bonds. The summed E-state index contributed by atoms with van der Waals surface area (Å²) in [5.74, 6) is -2.69. The number of amides is 1. The Labute approximate surface area is 140 Å². The zero-order chi connectivity index (χ0) is 17.5. The van der Waals surface area contributed by atoms with E-state index in [4.69, 9.17) is 4.74 Å². The first-order chi connectivity index (χ1) is 11.3. The van der Waals surface area contributed by atoms with Gasteiger partial charge in [-0.15, -0.1) is 0 Å². The molecule has 134 valence electrons. The summed E-state index contributed by atoms with van der Waals surface area (Å²) in [4.78, 5) is 12.0. The van der Waals surface area contributed by atoms with Crippen LogP contribution in [0.1, 0.15) is 48.7 Å². The number of carbonyl (C=O) groups is 1. The van der Waals surface area contributed by atoms with Crippen LogP contribution in [-0.4, -0.2) is 34.8 Å². The third kappa shape index (κ3) is 3.45. The highest BCUT2D eigenvalue weighted by atomic mass is 19.3. The summed E-state index contributed by atoms with van der Waals surface area (Å²) in [7, 11) is 1.91. The van der Waals surface area contributed by atoms with Crippen molar-refractivity contribution in [1.29, 1.82) is 0 Å². The number of nitrogens with zero attached hydrogens (tertiary/aromatic N) is 2. The monoisotopic (exact) mass is 341 g/mol. The Morgan fingerprint density at radius 3 is 2.71 bits per heavy atom. The van der Waals surface area contributed by atoms with Gasteiger partial charge in [0, 0.05) is 56.6 Å². The van der Waals surface area contributed by atoms with E-state index in [1.807, 2.05) is 25.6 Å². The van der Waals surface area contributed by atoms with Gasteiger partial charge >= 0.3 is 0 Å². The quantitative estimate of drug-likeness (QED) is 0.896. The van der Waals surface area contributed by atoms with Crippen LogP contribution in [0, 0.1) is 25.7 Å². The number of rotatable bonds is 5. The fourth-order valence-electron chi connectivity index (χ4n) is 3.87. The lowest BCUT2D eigenvalue weighted by Gasteiger charge is -2.34. The van der Waals surface area contributed by atoms with Crippen LogP contribution in [0.25, 0.3) is 0 Å². The van der Waals surface area contributed by atoms with Gasteiger partial charge in [0.05, 0.1) is 11.8 Å². The van der Waals surface area contributed by atoms with Gasteiger partial charge in [-0.05, 0) is 26.2 Å². The highest BCUT2D eigenvalue weighted by molar-refractivity contribution is 5.76. The van der Waals surface area contributed by atoms with Crippen molar-refractivity contribution < 1.29 is 18.3 Å². The van der Waals surface area contributed by atoms with Gasteiger partial charge in [0.2, 0.25) is 11.8 Å². The molecule has 1 saturated heterocycles. The Morgan fingerprint density at radius 2 is 2.12 bits per heavy atom. The lowest BCUT2D eigenvalue weighted by molar-refractivity contribution is -0.133. The van der Waals surface area contributed by atoms with Crippen LogP contribution >= 0.6 is 0 Å². The van der Waals surface area contributed by atoms with Crippen molar-refractivity contribution in [2.24, 2.45) is 18.9 Å². The second-order valence-corrected chi connectivity index (χ2v) is 7.19. The molecular weight excluding hydrogens is 316 g/mol. The Balaban J connectivity index is 1.54. The van der Waals surface area contributed by atoms with Crippen LogP contribution in [0.5, 0.6) is 0 Å². The van der Waals surface area contributed by atoms with Gasteiger partial charge in [0.1, 0.15) is 0 Å². The van der Waals surface area contributed by atoms with E-state index in [2.05, 4.69) is 10.4 Å². The van der Waals surface area contributed by atoms with Crippen molar-refractivity contribution in [2.45, 2.75) is 51.6 Å². The Morgan fingerprint density at radius 1 is 1.42 bits per heavy atom. The average Bonchev–Trinajstić information content (AvgIpc) is 3.00. The fraction of sp³-hybridized carbons (Fsp3) is 0.765. The van der Waals surface area contributed by atoms with E-state index >= 15 is 0 Å². The summed E-state index contributed by atoms with van der Waals surface area (Å²) >= 11 is 0. The summed E-state index contributed by atoms with van der Waals surface area (Å²) in [6, 6.07) is 0. The summed E-state index contributed by atoms with van der Waals surface area (Å²) in [6.45, 7) is 5.16. The maximum absolute atomic E-state index is 12.8. The smallest absolute Gasteiger partial charge is 0.248 e. The fourth-order valence-corrected chi connectivity index (χ4v) is 3.87. The number of carbonyl (C=O) groups excluding carboxylic acids is 1. The van der Waals surface area contributed by atoms with E-state index in [0.717, 1.165) is 23.4 Å². The van der Waals surface area contributed by atoms with Gasteiger partial charge < -0.3 is 10.1 Å². The molecule has 1 aromatic rings. The molecule has 0 bridgehead atoms. The molecule has 24 heavy (non-hydrogen) atoms. The van der Waals surface area contributed by atoms with E-state index in [-0.39, 0.29) is 43.1 Å². The van der Waals surface area contributed by atoms with Gasteiger partial charge in [-0.3, -0.25) is 9.48 Å². The second kappa shape index (κ2) is 6.43. The highest BCUT2D eigenvalue weighted by Crippen LogP contribution is 2.44. The number of hydrogen-bond donors (Lipinski definition) is 1. The minimum absolute atomic E-state index is 0.0629. The van der Waals surface area contributed by atoms with E-state index < -0.39 is 5.92 Å². The summed E-state index contributed by atoms with van der Waals surface area (Å²) in [6.07, 6.45) is 0.679. The molecule has 3 rings (SSSR count). The maximum Gasteiger partial charge on any atom is 0.248 e. The summed E-state index contributed by atoms with van der Waals surface area (Å²) in [5.41, 5.74) is 3.13. The lowest BCUT2D eigenvalue weighted by Crippen LogP contribution is -2.39. The van der Waals surface area contributed by atoms with E-state index in [9.17, 15) is 13.6 Å². The zero-order valence-electron chi connectivity index (χ0n) is 14.4. The van der Waals surface area contributed by atoms with Crippen molar-refractivity contribution in [3.05, 3.63) is 17.0 Å². The molecular formula is C17H25F2N3O2. The van der Waals surface area contributed by atoms with E-state index in [1.54, 1.807) is 0 Å². The molecule has 1 N–H and O–H groups in total. The molecule has 2 atom stereocenters. The Bertz CT molecular complexity index is 622. The number of alkyl halides is 2. The van der Waals surface area contributed by atoms with Gasteiger partial charge in [-0.25, -0.2) is 8.78 Å². The molecule has 2 fully saturated rings. The highest BCUT2D eigenvalue weighted by Gasteiger charge is 2.45. The van der Waals surface area contributed by atoms with Gasteiger partial charge in [-0.1, -0.05) is 0 Å². The molecule has 1 saturated carbocycles. The molecule has 5 nitrogen and oxygen atoms in total. The van der Waals surface area contributed by atoms with Crippen LogP contribution in [0.15, 0.2) is 0 Å². The number of aromatic nitrogens is 2. The van der Waals surface area contributed by atoms with Crippen molar-refractivity contribution in [2.75, 3.05) is 13.2 Å². The van der Waals surface area contributed by atoms with Gasteiger partial charge in [0.15, 0.2) is 0 Å². The predicted molar refractivity (Wildman–Crippen MR) is 84.8 cm³/mol. The van der Waals surface area contributed by atoms with Gasteiger partial charge in [-0.2, -0.15) is 5.10 Å². The van der Waals surface area contributed by atoms with Crippen molar-refractivity contribution >= 4 is 5.91 Å².